The van der Waals surface area contributed by atoms with Crippen molar-refractivity contribution < 1.29 is 9.13 Å². The van der Waals surface area contributed by atoms with Crippen LogP contribution in [0.25, 0.3) is 0 Å². The lowest BCUT2D eigenvalue weighted by molar-refractivity contribution is 0.0213. The third kappa shape index (κ3) is 5.28. The summed E-state index contributed by atoms with van der Waals surface area (Å²) in [6.45, 7) is 5.85. The Morgan fingerprint density at radius 2 is 1.83 bits per heavy atom. The largest absolute Gasteiger partial charge is 0.381 e. The first kappa shape index (κ1) is 21.1. The molecule has 0 radical (unpaired) electrons. The van der Waals surface area contributed by atoms with Gasteiger partial charge in [-0.1, -0.05) is 6.07 Å². The van der Waals surface area contributed by atoms with Crippen LogP contribution < -0.4 is 5.32 Å². The third-order valence-corrected chi connectivity index (χ3v) is 5.15. The molecule has 1 aromatic carbocycles. The van der Waals surface area contributed by atoms with E-state index < -0.39 is 0 Å². The van der Waals surface area contributed by atoms with E-state index in [1.165, 1.54) is 5.56 Å². The fourth-order valence-corrected chi connectivity index (χ4v) is 3.87. The van der Waals surface area contributed by atoms with Gasteiger partial charge in [0, 0.05) is 45.4 Å². The molecule has 132 valence electrons. The number of nitrogens with one attached hydrogen (secondary N) is 1. The lowest BCUT2D eigenvalue weighted by Crippen LogP contribution is -2.47. The van der Waals surface area contributed by atoms with Crippen molar-refractivity contribution in [3.63, 3.8) is 0 Å². The second-order valence-electron chi connectivity index (χ2n) is 5.85. The van der Waals surface area contributed by atoms with E-state index >= 15 is 0 Å². The highest BCUT2D eigenvalue weighted by atomic mass is 79.9. The predicted molar refractivity (Wildman–Crippen MR) is 99.3 cm³/mol. The summed E-state index contributed by atoms with van der Waals surface area (Å²) in [6.07, 6.45) is 2.17. The predicted octanol–water partition coefficient (Wildman–Crippen LogP) is 3.80. The van der Waals surface area contributed by atoms with Crippen LogP contribution in [-0.2, 0) is 4.74 Å². The summed E-state index contributed by atoms with van der Waals surface area (Å²) in [5.74, 6) is 0.402. The Balaban J connectivity index is 0.00000132. The summed E-state index contributed by atoms with van der Waals surface area (Å²) in [4.78, 5) is 2.55. The molecule has 2 heterocycles. The average molecular weight is 430 g/mol. The number of halogens is 4. The monoisotopic (exact) mass is 428 g/mol. The van der Waals surface area contributed by atoms with E-state index in [0.717, 1.165) is 52.2 Å². The number of ether oxygens (including phenoxy) is 1. The van der Waals surface area contributed by atoms with Gasteiger partial charge >= 0.3 is 0 Å². The molecule has 0 spiro atoms. The highest BCUT2D eigenvalue weighted by Gasteiger charge is 2.31. The van der Waals surface area contributed by atoms with Crippen LogP contribution in [-0.4, -0.2) is 44.3 Å². The molecule has 2 saturated heterocycles. The number of piperazine rings is 1. The standard InChI is InChI=1S/C16H22BrFN2O.2ClH/c17-14-11-13(1-2-15(14)18)16(12-3-9-21-10-4-12)20-7-5-19-6-8-20;;/h1-2,11-12,16,19H,3-10H2;2*1H/t16-;;/m1../s1. The zero-order chi connectivity index (χ0) is 14.7. The summed E-state index contributed by atoms with van der Waals surface area (Å²) < 4.78 is 19.6. The molecular weight excluding hydrogens is 406 g/mol. The highest BCUT2D eigenvalue weighted by molar-refractivity contribution is 9.10. The molecule has 1 N–H and O–H groups in total. The summed E-state index contributed by atoms with van der Waals surface area (Å²) >= 11 is 3.33. The van der Waals surface area contributed by atoms with Crippen LogP contribution in [0.5, 0.6) is 0 Å². The Morgan fingerprint density at radius 3 is 2.43 bits per heavy atom. The number of hydrogen-bond donors (Lipinski definition) is 1. The first-order valence-corrected chi connectivity index (χ1v) is 8.52. The lowest BCUT2D eigenvalue weighted by atomic mass is 9.85. The van der Waals surface area contributed by atoms with Crippen LogP contribution in [0.1, 0.15) is 24.4 Å². The van der Waals surface area contributed by atoms with Gasteiger partial charge in [0.05, 0.1) is 4.47 Å². The van der Waals surface area contributed by atoms with Crippen LogP contribution in [0.3, 0.4) is 0 Å². The van der Waals surface area contributed by atoms with Gasteiger partial charge in [-0.25, -0.2) is 4.39 Å². The highest BCUT2D eigenvalue weighted by Crippen LogP contribution is 2.36. The molecule has 2 aliphatic rings. The van der Waals surface area contributed by atoms with Gasteiger partial charge in [-0.3, -0.25) is 4.90 Å². The maximum Gasteiger partial charge on any atom is 0.137 e. The minimum atomic E-state index is -0.190. The van der Waals surface area contributed by atoms with Crippen LogP contribution >= 0.6 is 40.7 Å². The van der Waals surface area contributed by atoms with Crippen molar-refractivity contribution >= 4 is 40.7 Å². The van der Waals surface area contributed by atoms with Crippen LogP contribution in [0.2, 0.25) is 0 Å². The number of benzene rings is 1. The molecule has 1 atom stereocenters. The Labute approximate surface area is 158 Å². The van der Waals surface area contributed by atoms with Crippen molar-refractivity contribution in [2.45, 2.75) is 18.9 Å². The molecule has 0 unspecified atom stereocenters. The fraction of sp³-hybridized carbons (Fsp3) is 0.625. The van der Waals surface area contributed by atoms with Gasteiger partial charge < -0.3 is 10.1 Å². The molecule has 1 aromatic rings. The molecular formula is C16H24BrCl2FN2O. The molecule has 0 aromatic heterocycles. The molecule has 2 fully saturated rings. The normalized spacial score (nSPS) is 21.1. The van der Waals surface area contributed by atoms with E-state index in [2.05, 4.69) is 26.1 Å². The van der Waals surface area contributed by atoms with Gasteiger partial charge in [-0.15, -0.1) is 24.8 Å². The molecule has 3 rings (SSSR count). The van der Waals surface area contributed by atoms with Gasteiger partial charge in [0.1, 0.15) is 5.82 Å². The van der Waals surface area contributed by atoms with Crippen molar-refractivity contribution in [1.29, 1.82) is 0 Å². The third-order valence-electron chi connectivity index (χ3n) is 4.54. The number of rotatable bonds is 3. The Hall–Kier alpha value is 0.0900. The summed E-state index contributed by atoms with van der Waals surface area (Å²) in [5, 5.41) is 3.41. The van der Waals surface area contributed by atoms with E-state index in [0.29, 0.717) is 16.4 Å². The number of hydrogen-bond acceptors (Lipinski definition) is 3. The SMILES string of the molecule is Cl.Cl.Fc1ccc([C@@H](C2CCOCC2)N2CCNCC2)cc1Br. The first-order chi connectivity index (χ1) is 10.3. The van der Waals surface area contributed by atoms with E-state index in [-0.39, 0.29) is 30.6 Å². The van der Waals surface area contributed by atoms with Crippen molar-refractivity contribution in [3.8, 4) is 0 Å². The maximum absolute atomic E-state index is 13.6. The van der Waals surface area contributed by atoms with Crippen molar-refractivity contribution in [1.82, 2.24) is 10.2 Å². The van der Waals surface area contributed by atoms with E-state index in [1.807, 2.05) is 12.1 Å². The van der Waals surface area contributed by atoms with Crippen LogP contribution in [0.4, 0.5) is 4.39 Å². The first-order valence-electron chi connectivity index (χ1n) is 7.73. The van der Waals surface area contributed by atoms with Crippen LogP contribution in [0.15, 0.2) is 22.7 Å². The Morgan fingerprint density at radius 1 is 1.17 bits per heavy atom. The van der Waals surface area contributed by atoms with Crippen LogP contribution in [0, 0.1) is 11.7 Å². The molecule has 0 saturated carbocycles. The smallest absolute Gasteiger partial charge is 0.137 e. The minimum Gasteiger partial charge on any atom is -0.381 e. The van der Waals surface area contributed by atoms with Gasteiger partial charge in [0.15, 0.2) is 0 Å². The summed E-state index contributed by atoms with van der Waals surface area (Å²) in [6, 6.07) is 5.85. The number of nitrogens with zero attached hydrogens (tertiary/aromatic N) is 1. The van der Waals surface area contributed by atoms with E-state index in [4.69, 9.17) is 4.74 Å². The van der Waals surface area contributed by atoms with Crippen molar-refractivity contribution in [2.75, 3.05) is 39.4 Å². The Kier molecular flexibility index (Phi) is 9.34. The molecule has 7 heteroatoms. The second kappa shape index (κ2) is 10.2. The summed E-state index contributed by atoms with van der Waals surface area (Å²) in [5.41, 5.74) is 1.22. The fourth-order valence-electron chi connectivity index (χ4n) is 3.47. The summed E-state index contributed by atoms with van der Waals surface area (Å²) in [7, 11) is 0. The zero-order valence-corrected chi connectivity index (χ0v) is 16.2. The second-order valence-corrected chi connectivity index (χ2v) is 6.71. The minimum absolute atomic E-state index is 0. The molecule has 0 amide bonds. The topological polar surface area (TPSA) is 24.5 Å². The average Bonchev–Trinajstić information content (AvgIpc) is 2.53. The van der Waals surface area contributed by atoms with Gasteiger partial charge in [0.25, 0.3) is 0 Å². The van der Waals surface area contributed by atoms with Gasteiger partial charge in [0.2, 0.25) is 0 Å². The molecule has 0 aliphatic carbocycles. The Bertz CT molecular complexity index is 465. The van der Waals surface area contributed by atoms with Crippen molar-refractivity contribution in [3.05, 3.63) is 34.1 Å². The van der Waals surface area contributed by atoms with E-state index in [9.17, 15) is 4.39 Å². The molecule has 0 bridgehead atoms. The molecule has 3 nitrogen and oxygen atoms in total. The quantitative estimate of drug-likeness (QED) is 0.790. The molecule has 23 heavy (non-hydrogen) atoms. The van der Waals surface area contributed by atoms with E-state index in [1.54, 1.807) is 6.07 Å². The van der Waals surface area contributed by atoms with Gasteiger partial charge in [-0.2, -0.15) is 0 Å². The van der Waals surface area contributed by atoms with Gasteiger partial charge in [-0.05, 0) is 52.4 Å². The maximum atomic E-state index is 13.6. The zero-order valence-electron chi connectivity index (χ0n) is 13.0. The van der Waals surface area contributed by atoms with Crippen molar-refractivity contribution in [2.24, 2.45) is 5.92 Å². The lowest BCUT2D eigenvalue weighted by Gasteiger charge is -2.41. The molecule has 2 aliphatic heterocycles.